The number of alkyl halides is 1. The molecule has 2 unspecified atom stereocenters. The number of nitrogens with zero attached hydrogens (tertiary/aromatic N) is 2. The number of carbonyl (C=O) groups is 1. The van der Waals surface area contributed by atoms with E-state index in [9.17, 15) is 9.18 Å². The molecule has 0 N–H and O–H groups in total. The molecule has 0 saturated heterocycles. The predicted octanol–water partition coefficient (Wildman–Crippen LogP) is 4.58. The number of benzene rings is 2. The van der Waals surface area contributed by atoms with Crippen LogP contribution in [0.15, 0.2) is 51.9 Å². The first-order valence-electron chi connectivity index (χ1n) is 8.15. The maximum absolute atomic E-state index is 16.0. The van der Waals surface area contributed by atoms with Crippen LogP contribution in [0.1, 0.15) is 17.5 Å². The van der Waals surface area contributed by atoms with Crippen molar-refractivity contribution in [3.05, 3.63) is 63.9 Å². The van der Waals surface area contributed by atoms with Crippen LogP contribution in [-0.4, -0.2) is 29.3 Å². The number of likely N-dealkylation sites (N-methyl/N-ethyl adjacent to an activating group) is 1. The van der Waals surface area contributed by atoms with Crippen molar-refractivity contribution >= 4 is 38.8 Å². The first kappa shape index (κ1) is 18.4. The summed E-state index contributed by atoms with van der Waals surface area (Å²) < 4.78 is 35.8. The fraction of sp³-hybridized carbons (Fsp3) is 0.263. The molecule has 0 aliphatic carbocycles. The zero-order valence-corrected chi connectivity index (χ0v) is 16.9. The summed E-state index contributed by atoms with van der Waals surface area (Å²) in [4.78, 5) is 19.3. The molecule has 2 heterocycles. The highest BCUT2D eigenvalue weighted by atomic mass is 79.9. The van der Waals surface area contributed by atoms with E-state index in [0.29, 0.717) is 10.7 Å². The van der Waals surface area contributed by atoms with Crippen molar-refractivity contribution in [2.45, 2.75) is 17.8 Å². The zero-order chi connectivity index (χ0) is 19.4. The van der Waals surface area contributed by atoms with Crippen molar-refractivity contribution in [3.63, 3.8) is 0 Å². The van der Waals surface area contributed by atoms with Crippen LogP contribution in [0.25, 0.3) is 0 Å². The number of carbonyl (C=O) groups excluding carboxylic acids is 1. The Kier molecular flexibility index (Phi) is 4.31. The first-order chi connectivity index (χ1) is 12.8. The highest BCUT2D eigenvalue weighted by Gasteiger charge is 2.59. The number of halogens is 3. The summed E-state index contributed by atoms with van der Waals surface area (Å²) in [7, 11) is 1.62. The van der Waals surface area contributed by atoms with Gasteiger partial charge in [-0.25, -0.2) is 9.38 Å². The van der Waals surface area contributed by atoms with Crippen LogP contribution < -0.4 is 4.74 Å². The van der Waals surface area contributed by atoms with Gasteiger partial charge in [0, 0.05) is 22.6 Å². The van der Waals surface area contributed by atoms with Crippen molar-refractivity contribution in [1.82, 2.24) is 4.90 Å². The van der Waals surface area contributed by atoms with Gasteiger partial charge in [0.1, 0.15) is 11.6 Å². The van der Waals surface area contributed by atoms with Crippen molar-refractivity contribution < 1.29 is 18.3 Å². The fourth-order valence-corrected chi connectivity index (χ4v) is 4.50. The molecule has 0 fully saturated rings. The summed E-state index contributed by atoms with van der Waals surface area (Å²) in [5.74, 6) is -2.87. The van der Waals surface area contributed by atoms with Gasteiger partial charge < -0.3 is 4.74 Å². The van der Waals surface area contributed by atoms with Gasteiger partial charge in [-0.1, -0.05) is 27.7 Å². The van der Waals surface area contributed by atoms with Gasteiger partial charge in [-0.15, -0.1) is 0 Å². The van der Waals surface area contributed by atoms with E-state index >= 15 is 4.39 Å². The van der Waals surface area contributed by atoms with Crippen molar-refractivity contribution in [3.8, 4) is 5.75 Å². The molecule has 1 spiro atoms. The molecule has 140 valence electrons. The molecule has 4 rings (SSSR count). The Balaban J connectivity index is 1.93. The lowest BCUT2D eigenvalue weighted by atomic mass is 9.79. The van der Waals surface area contributed by atoms with E-state index in [1.165, 1.54) is 40.9 Å². The van der Waals surface area contributed by atoms with Crippen molar-refractivity contribution in [2.24, 2.45) is 4.99 Å². The third-order valence-corrected chi connectivity index (χ3v) is 6.06. The lowest BCUT2D eigenvalue weighted by molar-refractivity contribution is -0.144. The number of thioether (sulfide) groups is 1. The fourth-order valence-electron chi connectivity index (χ4n) is 3.53. The first-order valence-corrected chi connectivity index (χ1v) is 10.2. The lowest BCUT2D eigenvalue weighted by Crippen LogP contribution is -2.48. The van der Waals surface area contributed by atoms with Crippen LogP contribution in [0.3, 0.4) is 0 Å². The molecule has 2 aromatic rings. The number of hydrogen-bond donors (Lipinski definition) is 0. The number of hydrogen-bond acceptors (Lipinski definition) is 4. The number of fused-ring (bicyclic) bond motifs is 2. The summed E-state index contributed by atoms with van der Waals surface area (Å²) >= 11 is 4.72. The molecule has 2 atom stereocenters. The number of aliphatic imine (C=N–C) groups is 1. The number of ether oxygens (including phenoxy) is 1. The Morgan fingerprint density at radius 3 is 2.59 bits per heavy atom. The minimum absolute atomic E-state index is 0.139. The van der Waals surface area contributed by atoms with Crippen LogP contribution in [-0.2, 0) is 16.2 Å². The van der Waals surface area contributed by atoms with Crippen molar-refractivity contribution in [2.75, 3.05) is 13.3 Å². The highest BCUT2D eigenvalue weighted by Crippen LogP contribution is 2.54. The molecule has 27 heavy (non-hydrogen) atoms. The SMILES string of the molecule is CSC1=NC2(CC(F)(c3ccc(F)cc3)Oc3ccc(Br)cc32)C(=O)N1C. The molecule has 4 nitrogen and oxygen atoms in total. The molecular formula is C19H15BrF2N2O2S. The van der Waals surface area contributed by atoms with Gasteiger partial charge in [0.25, 0.3) is 11.8 Å². The largest absolute Gasteiger partial charge is 0.453 e. The Hall–Kier alpha value is -1.93. The summed E-state index contributed by atoms with van der Waals surface area (Å²) in [5, 5.41) is 0.509. The second-order valence-electron chi connectivity index (χ2n) is 6.48. The normalized spacial score (nSPS) is 26.8. The van der Waals surface area contributed by atoms with Gasteiger partial charge >= 0.3 is 0 Å². The number of amidine groups is 1. The van der Waals surface area contributed by atoms with Gasteiger partial charge in [-0.2, -0.15) is 4.39 Å². The van der Waals surface area contributed by atoms with Gasteiger partial charge in [0.05, 0.1) is 6.42 Å². The van der Waals surface area contributed by atoms with Crippen LogP contribution in [0.5, 0.6) is 5.75 Å². The molecule has 0 bridgehead atoms. The van der Waals surface area contributed by atoms with E-state index in [1.54, 1.807) is 25.2 Å². The Morgan fingerprint density at radius 1 is 1.26 bits per heavy atom. The minimum atomic E-state index is -2.32. The van der Waals surface area contributed by atoms with E-state index in [-0.39, 0.29) is 23.6 Å². The Bertz CT molecular complexity index is 969. The Labute approximate surface area is 167 Å². The van der Waals surface area contributed by atoms with Gasteiger partial charge in [0.2, 0.25) is 0 Å². The molecule has 1 amide bonds. The van der Waals surface area contributed by atoms with E-state index in [1.807, 2.05) is 6.26 Å². The molecule has 2 aliphatic rings. The van der Waals surface area contributed by atoms with E-state index in [4.69, 9.17) is 4.74 Å². The third-order valence-electron chi connectivity index (χ3n) is 4.83. The smallest absolute Gasteiger partial charge is 0.277 e. The van der Waals surface area contributed by atoms with Gasteiger partial charge in [-0.3, -0.25) is 9.69 Å². The predicted molar refractivity (Wildman–Crippen MR) is 104 cm³/mol. The minimum Gasteiger partial charge on any atom is -0.453 e. The van der Waals surface area contributed by atoms with Gasteiger partial charge in [0.15, 0.2) is 10.7 Å². The molecule has 2 aliphatic heterocycles. The monoisotopic (exact) mass is 452 g/mol. The van der Waals surface area contributed by atoms with Crippen molar-refractivity contribution in [1.29, 1.82) is 0 Å². The maximum Gasteiger partial charge on any atom is 0.277 e. The lowest BCUT2D eigenvalue weighted by Gasteiger charge is -2.40. The molecule has 2 aromatic carbocycles. The van der Waals surface area contributed by atoms with E-state index in [0.717, 1.165) is 4.47 Å². The van der Waals surface area contributed by atoms with E-state index < -0.39 is 17.2 Å². The van der Waals surface area contributed by atoms with Crippen LogP contribution in [0.4, 0.5) is 8.78 Å². The van der Waals surface area contributed by atoms with Gasteiger partial charge in [-0.05, 0) is 48.7 Å². The Morgan fingerprint density at radius 2 is 1.96 bits per heavy atom. The summed E-state index contributed by atoms with van der Waals surface area (Å²) in [6.45, 7) is 0. The second-order valence-corrected chi connectivity index (χ2v) is 8.17. The standard InChI is InChI=1S/C19H15BrF2N2O2S/c1-24-16(25)18(23-17(24)27-2)10-19(22,11-3-6-13(21)7-4-11)26-15-8-5-12(20)9-14(15)18/h3-9H,10H2,1-2H3. The second kappa shape index (κ2) is 6.31. The summed E-state index contributed by atoms with van der Waals surface area (Å²) in [5.41, 5.74) is -0.790. The number of rotatable bonds is 1. The van der Waals surface area contributed by atoms with Crippen LogP contribution in [0, 0.1) is 5.82 Å². The van der Waals surface area contributed by atoms with Crippen LogP contribution >= 0.6 is 27.7 Å². The summed E-state index contributed by atoms with van der Waals surface area (Å²) in [6.07, 6.45) is 1.48. The number of amides is 1. The molecule has 0 aromatic heterocycles. The quantitative estimate of drug-likeness (QED) is 0.635. The summed E-state index contributed by atoms with van der Waals surface area (Å²) in [6, 6.07) is 10.1. The molecule has 0 radical (unpaired) electrons. The molecule has 0 saturated carbocycles. The molecular weight excluding hydrogens is 438 g/mol. The topological polar surface area (TPSA) is 41.9 Å². The van der Waals surface area contributed by atoms with Crippen LogP contribution in [0.2, 0.25) is 0 Å². The maximum atomic E-state index is 16.0. The average molecular weight is 453 g/mol. The zero-order valence-electron chi connectivity index (χ0n) is 14.5. The molecule has 8 heteroatoms. The van der Waals surface area contributed by atoms with E-state index in [2.05, 4.69) is 20.9 Å². The third kappa shape index (κ3) is 2.77. The average Bonchev–Trinajstić information content (AvgIpc) is 2.88. The highest BCUT2D eigenvalue weighted by molar-refractivity contribution is 9.10.